The topological polar surface area (TPSA) is 43.5 Å². The van der Waals surface area contributed by atoms with Crippen LogP contribution in [-0.2, 0) is 17.6 Å². The van der Waals surface area contributed by atoms with E-state index in [1.54, 1.807) is 0 Å². The lowest BCUT2D eigenvalue weighted by Gasteiger charge is -2.24. The number of halogens is 1. The summed E-state index contributed by atoms with van der Waals surface area (Å²) in [6.45, 7) is 3.14. The molecule has 2 aliphatic heterocycles. The van der Waals surface area contributed by atoms with Crippen molar-refractivity contribution in [1.29, 1.82) is 0 Å². The van der Waals surface area contributed by atoms with Crippen molar-refractivity contribution >= 4 is 45.6 Å². The highest BCUT2D eigenvalue weighted by molar-refractivity contribution is 14.1. The Hall–Kier alpha value is -2.93. The molecule has 1 N–H and O–H groups in total. The minimum Gasteiger partial charge on any atom is -0.481 e. The van der Waals surface area contributed by atoms with Gasteiger partial charge in [0.2, 0.25) is 5.69 Å². The zero-order valence-electron chi connectivity index (χ0n) is 20.8. The fourth-order valence-corrected chi connectivity index (χ4v) is 5.58. The van der Waals surface area contributed by atoms with E-state index in [9.17, 15) is 4.79 Å². The molecule has 0 spiro atoms. The number of alkyl halides is 1. The molecule has 0 aromatic heterocycles. The molecule has 1 unspecified atom stereocenters. The standard InChI is InChI=1S/C31H33IN2O2/c1-24(32)34-28(23-26-15-10-12-19-30(26)34)17-7-4-2-3-6-16-27-22-25-14-9-11-18-29(25)33(27)21-13-5-8-20-31(35)36/h2-4,6-7,9-12,14-19,24H,5,8,13,20-23H2,1H3/p+1. The van der Waals surface area contributed by atoms with Crippen LogP contribution in [-0.4, -0.2) is 32.0 Å². The van der Waals surface area contributed by atoms with Crippen LogP contribution >= 0.6 is 22.6 Å². The number of unbranched alkanes of at least 4 members (excludes halogenated alkanes) is 2. The molecular weight excluding hydrogens is 559 g/mol. The molecule has 4 rings (SSSR count). The molecule has 0 radical (unpaired) electrons. The summed E-state index contributed by atoms with van der Waals surface area (Å²) in [6, 6.07) is 17.2. The first-order valence-electron chi connectivity index (χ1n) is 12.7. The second-order valence-electron chi connectivity index (χ2n) is 9.19. The third kappa shape index (κ3) is 6.64. The second kappa shape index (κ2) is 12.9. The molecule has 1 atom stereocenters. The SMILES string of the molecule is CC(I)N1\C(=C/C=C/C=C/C=C/C2=[N+](CCCCCC(=O)O)c3ccccc3C2)Cc2ccccc21. The van der Waals surface area contributed by atoms with Crippen LogP contribution in [0.1, 0.15) is 43.7 Å². The molecule has 4 nitrogen and oxygen atoms in total. The van der Waals surface area contributed by atoms with Crippen LogP contribution < -0.4 is 4.90 Å². The molecular formula is C31H34IN2O2+. The van der Waals surface area contributed by atoms with Crippen molar-refractivity contribution in [2.24, 2.45) is 0 Å². The normalized spacial score (nSPS) is 17.2. The number of carbonyl (C=O) groups is 1. The highest BCUT2D eigenvalue weighted by Gasteiger charge is 2.27. The molecule has 2 aromatic rings. The number of carboxylic acid groups (broad SMARTS) is 1. The molecule has 0 saturated heterocycles. The first-order valence-corrected chi connectivity index (χ1v) is 13.9. The van der Waals surface area contributed by atoms with Gasteiger partial charge in [-0.25, -0.2) is 0 Å². The van der Waals surface area contributed by atoms with Gasteiger partial charge >= 0.3 is 5.97 Å². The highest BCUT2D eigenvalue weighted by atomic mass is 127. The average molecular weight is 594 g/mol. The van der Waals surface area contributed by atoms with Crippen LogP contribution in [0.25, 0.3) is 0 Å². The van der Waals surface area contributed by atoms with Crippen molar-refractivity contribution < 1.29 is 14.5 Å². The van der Waals surface area contributed by atoms with Crippen LogP contribution in [0.5, 0.6) is 0 Å². The Balaban J connectivity index is 1.37. The van der Waals surface area contributed by atoms with Gasteiger partial charge in [0, 0.05) is 48.4 Å². The lowest BCUT2D eigenvalue weighted by Crippen LogP contribution is -2.24. The Bertz CT molecular complexity index is 1240. The van der Waals surface area contributed by atoms with Crippen LogP contribution in [0.3, 0.4) is 0 Å². The summed E-state index contributed by atoms with van der Waals surface area (Å²) in [5, 5.41) is 8.86. The number of carboxylic acids is 1. The van der Waals surface area contributed by atoms with E-state index in [4.69, 9.17) is 5.11 Å². The van der Waals surface area contributed by atoms with Crippen LogP contribution in [0.15, 0.2) is 96.8 Å². The van der Waals surface area contributed by atoms with E-state index in [0.717, 1.165) is 38.6 Å². The maximum atomic E-state index is 10.8. The highest BCUT2D eigenvalue weighted by Crippen LogP contribution is 2.37. The lowest BCUT2D eigenvalue weighted by molar-refractivity contribution is -0.437. The molecule has 0 amide bonds. The zero-order valence-corrected chi connectivity index (χ0v) is 23.0. The molecule has 36 heavy (non-hydrogen) atoms. The van der Waals surface area contributed by atoms with E-state index in [1.165, 1.54) is 33.9 Å². The fraction of sp³-hybridized carbons (Fsp3) is 0.290. The minimum atomic E-state index is -0.709. The third-order valence-corrected chi connectivity index (χ3v) is 7.14. The fourth-order valence-electron chi connectivity index (χ4n) is 4.92. The van der Waals surface area contributed by atoms with Gasteiger partial charge in [0.15, 0.2) is 5.71 Å². The molecule has 2 heterocycles. The molecule has 0 fully saturated rings. The number of hydrogen-bond donors (Lipinski definition) is 1. The number of allylic oxidation sites excluding steroid dienone is 8. The Labute approximate surface area is 228 Å². The van der Waals surface area contributed by atoms with E-state index < -0.39 is 5.97 Å². The van der Waals surface area contributed by atoms with Crippen LogP contribution in [0.4, 0.5) is 11.4 Å². The number of fused-ring (bicyclic) bond motifs is 2. The molecule has 5 heteroatoms. The first-order chi connectivity index (χ1) is 17.5. The van der Waals surface area contributed by atoms with Crippen molar-refractivity contribution in [3.63, 3.8) is 0 Å². The summed E-state index contributed by atoms with van der Waals surface area (Å²) in [4.78, 5) is 13.2. The summed E-state index contributed by atoms with van der Waals surface area (Å²) in [6.07, 6.45) is 19.7. The van der Waals surface area contributed by atoms with E-state index in [-0.39, 0.29) is 6.42 Å². The zero-order chi connectivity index (χ0) is 25.3. The number of para-hydroxylation sites is 2. The molecule has 186 valence electrons. The van der Waals surface area contributed by atoms with Crippen molar-refractivity contribution in [3.05, 3.63) is 108 Å². The van der Waals surface area contributed by atoms with Crippen molar-refractivity contribution in [2.45, 2.75) is 49.5 Å². The maximum absolute atomic E-state index is 10.8. The second-order valence-corrected chi connectivity index (χ2v) is 11.0. The number of hydrogen-bond acceptors (Lipinski definition) is 2. The van der Waals surface area contributed by atoms with E-state index in [0.29, 0.717) is 4.05 Å². The van der Waals surface area contributed by atoms with Gasteiger partial charge in [-0.2, -0.15) is 4.58 Å². The average Bonchev–Trinajstić information content (AvgIpc) is 3.41. The largest absolute Gasteiger partial charge is 0.481 e. The Morgan fingerprint density at radius 1 is 0.972 bits per heavy atom. The first kappa shape index (κ1) is 26.1. The molecule has 2 aliphatic rings. The van der Waals surface area contributed by atoms with Crippen LogP contribution in [0.2, 0.25) is 0 Å². The van der Waals surface area contributed by atoms with Gasteiger partial charge in [-0.05, 0) is 37.5 Å². The third-order valence-electron chi connectivity index (χ3n) is 6.58. The van der Waals surface area contributed by atoms with Crippen molar-refractivity contribution in [1.82, 2.24) is 0 Å². The van der Waals surface area contributed by atoms with Gasteiger partial charge in [0.05, 0.1) is 10.5 Å². The number of anilines is 1. The molecule has 0 aliphatic carbocycles. The van der Waals surface area contributed by atoms with Gasteiger partial charge < -0.3 is 10.0 Å². The summed E-state index contributed by atoms with van der Waals surface area (Å²) >= 11 is 2.48. The summed E-state index contributed by atoms with van der Waals surface area (Å²) in [5.74, 6) is -0.709. The summed E-state index contributed by atoms with van der Waals surface area (Å²) in [7, 11) is 0. The summed E-state index contributed by atoms with van der Waals surface area (Å²) < 4.78 is 2.79. The summed E-state index contributed by atoms with van der Waals surface area (Å²) in [5.41, 5.74) is 7.96. The smallest absolute Gasteiger partial charge is 0.303 e. The number of benzene rings is 2. The van der Waals surface area contributed by atoms with Crippen molar-refractivity contribution in [2.75, 3.05) is 11.4 Å². The predicted octanol–water partition coefficient (Wildman–Crippen LogP) is 7.37. The van der Waals surface area contributed by atoms with Crippen molar-refractivity contribution in [3.8, 4) is 0 Å². The van der Waals surface area contributed by atoms with E-state index >= 15 is 0 Å². The molecule has 2 aromatic carbocycles. The minimum absolute atomic E-state index is 0.254. The van der Waals surface area contributed by atoms with Gasteiger partial charge in [0.25, 0.3) is 0 Å². The van der Waals surface area contributed by atoms with E-state index in [1.807, 2.05) is 0 Å². The number of aliphatic carboxylic acids is 1. The Morgan fingerprint density at radius 2 is 1.69 bits per heavy atom. The monoisotopic (exact) mass is 593 g/mol. The Morgan fingerprint density at radius 3 is 2.50 bits per heavy atom. The quantitative estimate of drug-likeness (QED) is 0.0739. The lowest BCUT2D eigenvalue weighted by atomic mass is 10.1. The number of nitrogens with zero attached hydrogens (tertiary/aromatic N) is 2. The van der Waals surface area contributed by atoms with Gasteiger partial charge in [-0.3, -0.25) is 4.79 Å². The molecule has 0 saturated carbocycles. The van der Waals surface area contributed by atoms with Gasteiger partial charge in [-0.1, -0.05) is 89.4 Å². The maximum Gasteiger partial charge on any atom is 0.303 e. The van der Waals surface area contributed by atoms with Gasteiger partial charge in [-0.15, -0.1) is 0 Å². The van der Waals surface area contributed by atoms with E-state index in [2.05, 4.69) is 130 Å². The van der Waals surface area contributed by atoms with Gasteiger partial charge in [0.1, 0.15) is 6.54 Å². The Kier molecular flexibility index (Phi) is 9.34. The number of rotatable bonds is 11. The predicted molar refractivity (Wildman–Crippen MR) is 158 cm³/mol. The molecule has 0 bridgehead atoms. The van der Waals surface area contributed by atoms with Crippen LogP contribution in [0, 0.1) is 0 Å².